The molecule has 4 heterocycles. The Kier molecular flexibility index (Phi) is 5.32. The molecule has 0 fully saturated rings. The van der Waals surface area contributed by atoms with E-state index >= 15 is 0 Å². The number of aromatic nitrogens is 3. The summed E-state index contributed by atoms with van der Waals surface area (Å²) >= 11 is 1.87. The summed E-state index contributed by atoms with van der Waals surface area (Å²) in [6.07, 6.45) is 7.49. The molecule has 0 amide bonds. The van der Waals surface area contributed by atoms with E-state index in [9.17, 15) is 0 Å². The Hall–Kier alpha value is -5.06. The Morgan fingerprint density at radius 1 is 0.525 bits per heavy atom. The maximum atomic E-state index is 4.40. The third-order valence-corrected chi connectivity index (χ3v) is 8.76. The lowest BCUT2D eigenvalue weighted by Gasteiger charge is -2.13. The van der Waals surface area contributed by atoms with Crippen molar-refractivity contribution in [3.8, 4) is 38.4 Å². The third kappa shape index (κ3) is 3.73. The average molecular weight is 530 g/mol. The lowest BCUT2D eigenvalue weighted by atomic mass is 9.99. The molecule has 8 rings (SSSR count). The fourth-order valence-corrected chi connectivity index (χ4v) is 6.93. The van der Waals surface area contributed by atoms with Gasteiger partial charge in [-0.2, -0.15) is 0 Å². The summed E-state index contributed by atoms with van der Waals surface area (Å²) in [5.41, 5.74) is 9.19. The van der Waals surface area contributed by atoms with E-state index in [0.29, 0.717) is 0 Å². The van der Waals surface area contributed by atoms with Crippen molar-refractivity contribution in [2.24, 2.45) is 0 Å². The fourth-order valence-electron chi connectivity index (χ4n) is 5.71. The van der Waals surface area contributed by atoms with Crippen molar-refractivity contribution in [3.05, 3.63) is 140 Å². The van der Waals surface area contributed by atoms with Crippen LogP contribution in [0.1, 0.15) is 0 Å². The van der Waals surface area contributed by atoms with Crippen LogP contribution >= 0.6 is 11.3 Å². The van der Waals surface area contributed by atoms with Gasteiger partial charge in [-0.05, 0) is 70.6 Å². The minimum atomic E-state index is 1.09. The van der Waals surface area contributed by atoms with Crippen molar-refractivity contribution >= 4 is 43.2 Å². The average Bonchev–Trinajstić information content (AvgIpc) is 3.62. The van der Waals surface area contributed by atoms with Crippen molar-refractivity contribution in [1.29, 1.82) is 0 Å². The van der Waals surface area contributed by atoms with Gasteiger partial charge >= 0.3 is 0 Å². The van der Waals surface area contributed by atoms with Crippen LogP contribution < -0.4 is 0 Å². The van der Waals surface area contributed by atoms with Gasteiger partial charge in [-0.3, -0.25) is 9.97 Å². The van der Waals surface area contributed by atoms with Crippen molar-refractivity contribution in [3.63, 3.8) is 0 Å². The molecule has 3 nitrogen and oxygen atoms in total. The lowest BCUT2D eigenvalue weighted by molar-refractivity contribution is 1.18. The van der Waals surface area contributed by atoms with Crippen LogP contribution in [-0.2, 0) is 0 Å². The van der Waals surface area contributed by atoms with E-state index in [4.69, 9.17) is 0 Å². The standard InChI is InChI=1S/C36H23N3S/c1-2-8-24(9-3-1)34-21-25-14-15-33-35(36(25)40-34)31-12-4-5-13-32(31)39(33)30-19-28(26-10-6-16-37-22-26)18-29(20-30)27-11-7-17-38-23-27/h1-23H. The first-order valence-electron chi connectivity index (χ1n) is 13.3. The van der Waals surface area contributed by atoms with Gasteiger partial charge in [-0.25, -0.2) is 0 Å². The van der Waals surface area contributed by atoms with E-state index in [1.54, 1.807) is 0 Å². The molecule has 0 unspecified atom stereocenters. The quantitative estimate of drug-likeness (QED) is 0.227. The highest BCUT2D eigenvalue weighted by Crippen LogP contribution is 2.43. The van der Waals surface area contributed by atoms with Gasteiger partial charge in [0.1, 0.15) is 0 Å². The summed E-state index contributed by atoms with van der Waals surface area (Å²) in [6.45, 7) is 0. The summed E-state index contributed by atoms with van der Waals surface area (Å²) in [5, 5.41) is 3.84. The molecule has 0 aliphatic rings. The molecule has 4 heteroatoms. The topological polar surface area (TPSA) is 30.7 Å². The molecule has 4 aromatic carbocycles. The number of benzene rings is 4. The van der Waals surface area contributed by atoms with Crippen LogP contribution in [0.3, 0.4) is 0 Å². The zero-order valence-corrected chi connectivity index (χ0v) is 22.3. The third-order valence-electron chi connectivity index (χ3n) is 7.54. The number of thiophene rings is 1. The van der Waals surface area contributed by atoms with Crippen LogP contribution in [-0.4, -0.2) is 14.5 Å². The van der Waals surface area contributed by atoms with Crippen LogP contribution in [0.5, 0.6) is 0 Å². The number of para-hydroxylation sites is 1. The molecular weight excluding hydrogens is 506 g/mol. The summed E-state index contributed by atoms with van der Waals surface area (Å²) in [5.74, 6) is 0. The van der Waals surface area contributed by atoms with Crippen LogP contribution in [0.25, 0.3) is 70.3 Å². The normalized spacial score (nSPS) is 11.5. The Morgan fingerprint density at radius 3 is 1.90 bits per heavy atom. The Morgan fingerprint density at radius 2 is 1.20 bits per heavy atom. The van der Waals surface area contributed by atoms with E-state index in [2.05, 4.69) is 118 Å². The van der Waals surface area contributed by atoms with Gasteiger partial charge in [0.2, 0.25) is 0 Å². The second-order valence-corrected chi connectivity index (χ2v) is 11.0. The van der Waals surface area contributed by atoms with Crippen LogP contribution in [0.4, 0.5) is 0 Å². The first-order chi connectivity index (χ1) is 19.8. The molecule has 4 aromatic heterocycles. The molecular formula is C36H23N3S. The predicted octanol–water partition coefficient (Wildman–Crippen LogP) is 9.79. The smallest absolute Gasteiger partial charge is 0.0555 e. The van der Waals surface area contributed by atoms with Gasteiger partial charge in [0.05, 0.1) is 11.0 Å². The zero-order chi connectivity index (χ0) is 26.5. The molecule has 40 heavy (non-hydrogen) atoms. The summed E-state index contributed by atoms with van der Waals surface area (Å²) in [7, 11) is 0. The molecule has 8 aromatic rings. The van der Waals surface area contributed by atoms with E-state index in [0.717, 1.165) is 27.9 Å². The number of fused-ring (bicyclic) bond motifs is 5. The lowest BCUT2D eigenvalue weighted by Crippen LogP contribution is -1.96. The molecule has 0 saturated heterocycles. The highest BCUT2D eigenvalue weighted by Gasteiger charge is 2.18. The van der Waals surface area contributed by atoms with Gasteiger partial charge in [0.25, 0.3) is 0 Å². The minimum absolute atomic E-state index is 1.09. The van der Waals surface area contributed by atoms with Crippen molar-refractivity contribution < 1.29 is 0 Å². The molecule has 0 bridgehead atoms. The molecule has 188 valence electrons. The van der Waals surface area contributed by atoms with Gasteiger partial charge < -0.3 is 4.57 Å². The number of hydrogen-bond donors (Lipinski definition) is 0. The number of nitrogens with zero attached hydrogens (tertiary/aromatic N) is 3. The van der Waals surface area contributed by atoms with Crippen molar-refractivity contribution in [2.75, 3.05) is 0 Å². The maximum absolute atomic E-state index is 4.40. The van der Waals surface area contributed by atoms with Gasteiger partial charge in [0, 0.05) is 62.0 Å². The number of hydrogen-bond acceptors (Lipinski definition) is 3. The van der Waals surface area contributed by atoms with Crippen molar-refractivity contribution in [2.45, 2.75) is 0 Å². The fraction of sp³-hybridized carbons (Fsp3) is 0. The van der Waals surface area contributed by atoms with Crippen molar-refractivity contribution in [1.82, 2.24) is 14.5 Å². The van der Waals surface area contributed by atoms with Crippen LogP contribution in [0.15, 0.2) is 140 Å². The summed E-state index contributed by atoms with van der Waals surface area (Å²) in [6, 6.07) is 41.3. The summed E-state index contributed by atoms with van der Waals surface area (Å²) in [4.78, 5) is 10.1. The molecule has 0 spiro atoms. The van der Waals surface area contributed by atoms with Crippen LogP contribution in [0.2, 0.25) is 0 Å². The molecule has 0 aliphatic heterocycles. The minimum Gasteiger partial charge on any atom is -0.309 e. The van der Waals surface area contributed by atoms with E-state index < -0.39 is 0 Å². The van der Waals surface area contributed by atoms with Crippen LogP contribution in [0, 0.1) is 0 Å². The van der Waals surface area contributed by atoms with Gasteiger partial charge in [-0.1, -0.05) is 66.7 Å². The van der Waals surface area contributed by atoms with E-state index in [1.807, 2.05) is 48.3 Å². The number of pyridine rings is 2. The zero-order valence-electron chi connectivity index (χ0n) is 21.5. The molecule has 0 radical (unpaired) electrons. The SMILES string of the molecule is c1ccc(-c2cc3ccc4c(c5ccccc5n4-c4cc(-c5cccnc5)cc(-c5cccnc5)c4)c3s2)cc1. The van der Waals surface area contributed by atoms with Gasteiger partial charge in [0.15, 0.2) is 0 Å². The van der Waals surface area contributed by atoms with E-state index in [1.165, 1.54) is 42.3 Å². The Bertz CT molecular complexity index is 2090. The molecule has 0 N–H and O–H groups in total. The largest absolute Gasteiger partial charge is 0.309 e. The second kappa shape index (κ2) is 9.30. The first kappa shape index (κ1) is 22.9. The molecule has 0 aliphatic carbocycles. The highest BCUT2D eigenvalue weighted by molar-refractivity contribution is 7.23. The molecule has 0 atom stereocenters. The molecule has 0 saturated carbocycles. The first-order valence-corrected chi connectivity index (χ1v) is 14.1. The highest BCUT2D eigenvalue weighted by atomic mass is 32.1. The Balaban J connectivity index is 1.43. The monoisotopic (exact) mass is 529 g/mol. The second-order valence-electron chi connectivity index (χ2n) is 9.96. The van der Waals surface area contributed by atoms with E-state index in [-0.39, 0.29) is 0 Å². The summed E-state index contributed by atoms with van der Waals surface area (Å²) < 4.78 is 3.73. The Labute approximate surface area is 235 Å². The van der Waals surface area contributed by atoms with Gasteiger partial charge in [-0.15, -0.1) is 11.3 Å². The number of rotatable bonds is 4. The maximum Gasteiger partial charge on any atom is 0.0555 e. The predicted molar refractivity (Wildman–Crippen MR) is 168 cm³/mol.